The Kier molecular flexibility index (Phi) is 7.10. The molecule has 1 atom stereocenters. The van der Waals surface area contributed by atoms with E-state index in [-0.39, 0.29) is 22.6 Å². The molecule has 5 heteroatoms. The molecule has 166 valence electrons. The van der Waals surface area contributed by atoms with Crippen LogP contribution in [0.2, 0.25) is 0 Å². The number of carbonyl (C=O) groups excluding carboxylic acids is 2. The van der Waals surface area contributed by atoms with Gasteiger partial charge in [-0.15, -0.1) is 0 Å². The minimum Gasteiger partial charge on any atom is -0.481 e. The summed E-state index contributed by atoms with van der Waals surface area (Å²) in [6.07, 6.45) is 6.26. The van der Waals surface area contributed by atoms with E-state index in [9.17, 15) is 9.59 Å². The van der Waals surface area contributed by atoms with Crippen LogP contribution in [0.3, 0.4) is 0 Å². The maximum absolute atomic E-state index is 12.7. The summed E-state index contributed by atoms with van der Waals surface area (Å²) in [5.41, 5.74) is 1.27. The first-order valence-corrected chi connectivity index (χ1v) is 11.5. The van der Waals surface area contributed by atoms with Gasteiger partial charge in [0.2, 0.25) is 5.91 Å². The number of piperidine rings is 1. The summed E-state index contributed by atoms with van der Waals surface area (Å²) in [6, 6.07) is 8.04. The number of nitrogens with zero attached hydrogens (tertiary/aromatic N) is 1. The lowest BCUT2D eigenvalue weighted by Gasteiger charge is -2.43. The molecule has 2 amide bonds. The van der Waals surface area contributed by atoms with Crippen LogP contribution in [0.1, 0.15) is 71.8 Å². The molecule has 1 fully saturated rings. The Hall–Kier alpha value is -2.04. The largest absolute Gasteiger partial charge is 0.481 e. The number of rotatable bonds is 1. The number of ether oxygens (including phenoxy) is 1. The van der Waals surface area contributed by atoms with E-state index in [1.54, 1.807) is 0 Å². The van der Waals surface area contributed by atoms with Crippen LogP contribution in [0.4, 0.5) is 0 Å². The van der Waals surface area contributed by atoms with Crippen molar-refractivity contribution in [2.24, 2.45) is 10.8 Å². The van der Waals surface area contributed by atoms with Crippen molar-refractivity contribution < 1.29 is 14.3 Å². The maximum Gasteiger partial charge on any atom is 0.260 e. The Morgan fingerprint density at radius 1 is 1.17 bits per heavy atom. The van der Waals surface area contributed by atoms with Gasteiger partial charge in [0.25, 0.3) is 5.91 Å². The van der Waals surface area contributed by atoms with E-state index in [4.69, 9.17) is 4.74 Å². The SMILES string of the molecule is C[C@H]1Oc2ccccc2CCCCC2(CCN(C(=O)CC(C)(C)C)CC2)CNC1=O. The zero-order chi connectivity index (χ0) is 21.8. The molecule has 1 saturated heterocycles. The van der Waals surface area contributed by atoms with E-state index in [2.05, 4.69) is 32.2 Å². The van der Waals surface area contributed by atoms with Crippen molar-refractivity contribution >= 4 is 11.8 Å². The third kappa shape index (κ3) is 5.99. The molecular formula is C25H38N2O3. The zero-order valence-electron chi connectivity index (χ0n) is 19.1. The summed E-state index contributed by atoms with van der Waals surface area (Å²) < 4.78 is 5.99. The second kappa shape index (κ2) is 9.40. The summed E-state index contributed by atoms with van der Waals surface area (Å²) in [5, 5.41) is 3.16. The number of hydrogen-bond acceptors (Lipinski definition) is 3. The second-order valence-corrected chi connectivity index (χ2v) is 10.4. The van der Waals surface area contributed by atoms with Crippen molar-refractivity contribution in [3.8, 4) is 5.75 Å². The van der Waals surface area contributed by atoms with E-state index in [1.165, 1.54) is 5.56 Å². The molecule has 0 aromatic heterocycles. The van der Waals surface area contributed by atoms with Crippen LogP contribution in [0.25, 0.3) is 0 Å². The number of fused-ring (bicyclic) bond motifs is 1. The minimum atomic E-state index is -0.518. The van der Waals surface area contributed by atoms with E-state index < -0.39 is 6.10 Å². The highest BCUT2D eigenvalue weighted by Gasteiger charge is 2.37. The second-order valence-electron chi connectivity index (χ2n) is 10.4. The van der Waals surface area contributed by atoms with Gasteiger partial charge in [-0.3, -0.25) is 9.59 Å². The fourth-order valence-electron chi connectivity index (χ4n) is 4.61. The first-order valence-electron chi connectivity index (χ1n) is 11.5. The van der Waals surface area contributed by atoms with Crippen LogP contribution >= 0.6 is 0 Å². The third-order valence-electron chi connectivity index (χ3n) is 6.54. The highest BCUT2D eigenvalue weighted by molar-refractivity contribution is 5.80. The van der Waals surface area contributed by atoms with Gasteiger partial charge in [0, 0.05) is 26.1 Å². The Morgan fingerprint density at radius 3 is 2.57 bits per heavy atom. The smallest absolute Gasteiger partial charge is 0.260 e. The van der Waals surface area contributed by atoms with Gasteiger partial charge in [0.1, 0.15) is 5.75 Å². The van der Waals surface area contributed by atoms with Crippen molar-refractivity contribution in [1.82, 2.24) is 10.2 Å². The summed E-state index contributed by atoms with van der Waals surface area (Å²) in [6.45, 7) is 10.4. The Labute approximate surface area is 181 Å². The van der Waals surface area contributed by atoms with Gasteiger partial charge in [0.05, 0.1) is 0 Å². The molecule has 0 radical (unpaired) electrons. The molecule has 0 unspecified atom stereocenters. The molecule has 2 aliphatic rings. The molecule has 2 heterocycles. The van der Waals surface area contributed by atoms with Crippen LogP contribution in [-0.4, -0.2) is 42.5 Å². The van der Waals surface area contributed by atoms with Crippen LogP contribution in [0.15, 0.2) is 24.3 Å². The number of carbonyl (C=O) groups is 2. The van der Waals surface area contributed by atoms with Gasteiger partial charge in [-0.2, -0.15) is 0 Å². The minimum absolute atomic E-state index is 0.0137. The van der Waals surface area contributed by atoms with Crippen LogP contribution in [0, 0.1) is 10.8 Å². The van der Waals surface area contributed by atoms with Gasteiger partial charge in [0.15, 0.2) is 6.10 Å². The molecule has 3 rings (SSSR count). The van der Waals surface area contributed by atoms with Gasteiger partial charge in [-0.05, 0) is 61.5 Å². The first-order chi connectivity index (χ1) is 14.2. The summed E-state index contributed by atoms with van der Waals surface area (Å²) in [5.74, 6) is 1.02. The lowest BCUT2D eigenvalue weighted by molar-refractivity contribution is -0.136. The van der Waals surface area contributed by atoms with Crippen molar-refractivity contribution in [1.29, 1.82) is 0 Å². The highest BCUT2D eigenvalue weighted by atomic mass is 16.5. The molecule has 2 aliphatic heterocycles. The molecule has 0 aliphatic carbocycles. The van der Waals surface area contributed by atoms with E-state index >= 15 is 0 Å². The molecule has 5 nitrogen and oxygen atoms in total. The monoisotopic (exact) mass is 414 g/mol. The van der Waals surface area contributed by atoms with E-state index in [0.29, 0.717) is 13.0 Å². The average molecular weight is 415 g/mol. The Bertz CT molecular complexity index is 745. The van der Waals surface area contributed by atoms with Crippen molar-refractivity contribution in [2.75, 3.05) is 19.6 Å². The predicted octanol–water partition coefficient (Wildman–Crippen LogP) is 4.34. The molecular weight excluding hydrogens is 376 g/mol. The molecule has 1 spiro atoms. The number of aryl methyl sites for hydroxylation is 1. The lowest BCUT2D eigenvalue weighted by Crippen LogP contribution is -2.50. The van der Waals surface area contributed by atoms with E-state index in [1.807, 2.05) is 30.0 Å². The van der Waals surface area contributed by atoms with Crippen LogP contribution in [-0.2, 0) is 16.0 Å². The summed E-state index contributed by atoms with van der Waals surface area (Å²) in [7, 11) is 0. The first kappa shape index (κ1) is 22.6. The van der Waals surface area contributed by atoms with Gasteiger partial charge < -0.3 is 15.0 Å². The molecule has 1 aromatic rings. The van der Waals surface area contributed by atoms with Crippen LogP contribution < -0.4 is 10.1 Å². The quantitative estimate of drug-likeness (QED) is 0.744. The Morgan fingerprint density at radius 2 is 1.87 bits per heavy atom. The fourth-order valence-corrected chi connectivity index (χ4v) is 4.61. The molecule has 1 N–H and O–H groups in total. The van der Waals surface area contributed by atoms with Crippen LogP contribution in [0.5, 0.6) is 5.75 Å². The standard InChI is InChI=1S/C25H38N2O3/c1-19-23(29)26-18-25(12-8-7-10-20-9-5-6-11-21(20)30-19)13-15-27(16-14-25)22(28)17-24(2,3)4/h5-6,9,11,19H,7-8,10,12-18H2,1-4H3,(H,26,29)/t19-/m1/s1. The van der Waals surface area contributed by atoms with Crippen molar-refractivity contribution in [3.05, 3.63) is 29.8 Å². The Balaban J connectivity index is 1.66. The van der Waals surface area contributed by atoms with Gasteiger partial charge >= 0.3 is 0 Å². The maximum atomic E-state index is 12.7. The fraction of sp³-hybridized carbons (Fsp3) is 0.680. The third-order valence-corrected chi connectivity index (χ3v) is 6.54. The topological polar surface area (TPSA) is 58.6 Å². The summed E-state index contributed by atoms with van der Waals surface area (Å²) in [4.78, 5) is 27.4. The zero-order valence-corrected chi connectivity index (χ0v) is 19.1. The number of para-hydroxylation sites is 1. The molecule has 0 bridgehead atoms. The number of hydrogen-bond donors (Lipinski definition) is 1. The number of likely N-dealkylation sites (tertiary alicyclic amines) is 1. The van der Waals surface area contributed by atoms with Gasteiger partial charge in [-0.1, -0.05) is 45.4 Å². The average Bonchev–Trinajstić information content (AvgIpc) is 2.69. The molecule has 30 heavy (non-hydrogen) atoms. The number of amides is 2. The van der Waals surface area contributed by atoms with E-state index in [0.717, 1.165) is 57.4 Å². The normalized spacial score (nSPS) is 22.9. The predicted molar refractivity (Wildman–Crippen MR) is 119 cm³/mol. The van der Waals surface area contributed by atoms with Crippen molar-refractivity contribution in [3.63, 3.8) is 0 Å². The lowest BCUT2D eigenvalue weighted by atomic mass is 9.74. The summed E-state index contributed by atoms with van der Waals surface area (Å²) >= 11 is 0. The number of nitrogens with one attached hydrogen (secondary N) is 1. The number of benzene rings is 1. The molecule has 1 aromatic carbocycles. The van der Waals surface area contributed by atoms with Gasteiger partial charge in [-0.25, -0.2) is 0 Å². The highest BCUT2D eigenvalue weighted by Crippen LogP contribution is 2.37. The molecule has 0 saturated carbocycles. The van der Waals surface area contributed by atoms with Crippen molar-refractivity contribution in [2.45, 2.75) is 78.7 Å².